The third-order valence-electron chi connectivity index (χ3n) is 15.4. The molecule has 0 saturated heterocycles. The van der Waals surface area contributed by atoms with Gasteiger partial charge in [0.1, 0.15) is 0 Å². The van der Waals surface area contributed by atoms with E-state index in [1.54, 1.807) is 0 Å². The molecule has 0 aliphatic heterocycles. The first-order valence-electron chi connectivity index (χ1n) is 32.3. The largest absolute Gasteiger partial charge is 0.466 e. The Hall–Kier alpha value is -1.14. The van der Waals surface area contributed by atoms with Gasteiger partial charge in [-0.3, -0.25) is 9.59 Å². The van der Waals surface area contributed by atoms with Crippen molar-refractivity contribution in [3.63, 3.8) is 0 Å². The number of rotatable bonds is 61. The summed E-state index contributed by atoms with van der Waals surface area (Å²) in [6.07, 6.45) is 71.2. The number of amides is 1. The third kappa shape index (κ3) is 56.2. The Morgan fingerprint density at radius 3 is 0.871 bits per heavy atom. The molecular formula is C64H127NO5. The van der Waals surface area contributed by atoms with Gasteiger partial charge in [-0.25, -0.2) is 0 Å². The first-order valence-corrected chi connectivity index (χ1v) is 32.3. The Balaban J connectivity index is 3.35. The highest BCUT2D eigenvalue weighted by molar-refractivity contribution is 5.76. The minimum absolute atomic E-state index is 0.0162. The van der Waals surface area contributed by atoms with Crippen LogP contribution in [0.15, 0.2) is 0 Å². The molecular weight excluding hydrogens is 863 g/mol. The maximum absolute atomic E-state index is 12.5. The molecule has 2 atom stereocenters. The van der Waals surface area contributed by atoms with Gasteiger partial charge < -0.3 is 20.3 Å². The van der Waals surface area contributed by atoms with E-state index in [0.29, 0.717) is 25.9 Å². The van der Waals surface area contributed by atoms with Crippen LogP contribution < -0.4 is 5.32 Å². The minimum Gasteiger partial charge on any atom is -0.466 e. The van der Waals surface area contributed by atoms with E-state index in [2.05, 4.69) is 19.2 Å². The lowest BCUT2D eigenvalue weighted by atomic mass is 10.0. The third-order valence-corrected chi connectivity index (χ3v) is 15.4. The van der Waals surface area contributed by atoms with E-state index in [9.17, 15) is 19.8 Å². The Kier molecular flexibility index (Phi) is 59.4. The van der Waals surface area contributed by atoms with Crippen molar-refractivity contribution in [1.29, 1.82) is 0 Å². The number of ether oxygens (including phenoxy) is 1. The van der Waals surface area contributed by atoms with Gasteiger partial charge in [0.15, 0.2) is 0 Å². The molecule has 2 unspecified atom stereocenters. The smallest absolute Gasteiger partial charge is 0.305 e. The van der Waals surface area contributed by atoms with Crippen molar-refractivity contribution in [2.24, 2.45) is 0 Å². The van der Waals surface area contributed by atoms with Crippen molar-refractivity contribution in [3.8, 4) is 0 Å². The summed E-state index contributed by atoms with van der Waals surface area (Å²) in [5.74, 6) is -0.0172. The summed E-state index contributed by atoms with van der Waals surface area (Å²) in [4.78, 5) is 24.6. The second-order valence-corrected chi connectivity index (χ2v) is 22.5. The van der Waals surface area contributed by atoms with Gasteiger partial charge in [-0.15, -0.1) is 0 Å². The molecule has 0 aromatic rings. The van der Waals surface area contributed by atoms with Crippen molar-refractivity contribution >= 4 is 11.9 Å². The topological polar surface area (TPSA) is 95.9 Å². The predicted octanol–water partition coefficient (Wildman–Crippen LogP) is 20.3. The highest BCUT2D eigenvalue weighted by atomic mass is 16.5. The lowest BCUT2D eigenvalue weighted by molar-refractivity contribution is -0.143. The van der Waals surface area contributed by atoms with Crippen LogP contribution in [0.1, 0.15) is 373 Å². The number of nitrogens with one attached hydrogen (secondary N) is 1. The number of hydrogen-bond donors (Lipinski definition) is 3. The maximum atomic E-state index is 12.5. The average Bonchev–Trinajstić information content (AvgIpc) is 3.36. The van der Waals surface area contributed by atoms with Crippen LogP contribution >= 0.6 is 0 Å². The summed E-state index contributed by atoms with van der Waals surface area (Å²) in [7, 11) is 0. The van der Waals surface area contributed by atoms with Crippen molar-refractivity contribution in [2.45, 2.75) is 386 Å². The van der Waals surface area contributed by atoms with Gasteiger partial charge in [0.05, 0.1) is 25.4 Å². The first-order chi connectivity index (χ1) is 34.5. The number of hydrogen-bond acceptors (Lipinski definition) is 5. The zero-order chi connectivity index (χ0) is 50.7. The van der Waals surface area contributed by atoms with E-state index in [1.165, 1.54) is 302 Å². The summed E-state index contributed by atoms with van der Waals surface area (Å²) in [6, 6.07) is -0.541. The zero-order valence-electron chi connectivity index (χ0n) is 47.8. The monoisotopic (exact) mass is 990 g/mol. The number of esters is 1. The Bertz CT molecular complexity index is 1010. The van der Waals surface area contributed by atoms with Gasteiger partial charge in [-0.1, -0.05) is 335 Å². The molecule has 6 heteroatoms. The molecule has 0 fully saturated rings. The standard InChI is InChI=1S/C64H127NO5/c1-3-5-7-9-11-13-15-17-19-20-26-30-34-38-42-46-50-54-58-64(69)70-59-55-51-47-43-39-35-31-27-24-22-21-23-25-29-33-37-41-45-49-53-57-63(68)65-61(60-66)62(67)56-52-48-44-40-36-32-28-18-16-14-12-10-8-6-4-2/h61-62,66-67H,3-60H2,1-2H3,(H,65,68). The Morgan fingerprint density at radius 1 is 0.343 bits per heavy atom. The molecule has 6 nitrogen and oxygen atoms in total. The second-order valence-electron chi connectivity index (χ2n) is 22.5. The first kappa shape index (κ1) is 68.9. The van der Waals surface area contributed by atoms with Crippen LogP contribution in [0.25, 0.3) is 0 Å². The molecule has 418 valence electrons. The molecule has 0 spiro atoms. The van der Waals surface area contributed by atoms with Gasteiger partial charge in [-0.05, 0) is 25.7 Å². The van der Waals surface area contributed by atoms with Gasteiger partial charge >= 0.3 is 5.97 Å². The van der Waals surface area contributed by atoms with Crippen LogP contribution in [0.2, 0.25) is 0 Å². The summed E-state index contributed by atoms with van der Waals surface area (Å²) in [5.41, 5.74) is 0. The maximum Gasteiger partial charge on any atom is 0.305 e. The van der Waals surface area contributed by atoms with Crippen LogP contribution in [0.3, 0.4) is 0 Å². The number of aliphatic hydroxyl groups excluding tert-OH is 2. The van der Waals surface area contributed by atoms with E-state index in [0.717, 1.165) is 38.5 Å². The van der Waals surface area contributed by atoms with Crippen LogP contribution in [0.4, 0.5) is 0 Å². The van der Waals surface area contributed by atoms with Crippen molar-refractivity contribution in [1.82, 2.24) is 5.32 Å². The molecule has 0 aromatic heterocycles. The fourth-order valence-corrected chi connectivity index (χ4v) is 10.5. The highest BCUT2D eigenvalue weighted by Gasteiger charge is 2.20. The van der Waals surface area contributed by atoms with Crippen LogP contribution in [0, 0.1) is 0 Å². The Morgan fingerprint density at radius 2 is 0.586 bits per heavy atom. The van der Waals surface area contributed by atoms with Crippen LogP contribution in [-0.2, 0) is 14.3 Å². The molecule has 0 aromatic carbocycles. The Labute approximate surface area is 438 Å². The van der Waals surface area contributed by atoms with Crippen molar-refractivity contribution in [3.05, 3.63) is 0 Å². The quantitative estimate of drug-likeness (QED) is 0.0417. The lowest BCUT2D eigenvalue weighted by Gasteiger charge is -2.22. The summed E-state index contributed by atoms with van der Waals surface area (Å²) in [6.45, 7) is 4.99. The van der Waals surface area contributed by atoms with E-state index in [1.807, 2.05) is 0 Å². The van der Waals surface area contributed by atoms with E-state index in [4.69, 9.17) is 4.74 Å². The summed E-state index contributed by atoms with van der Waals surface area (Å²) >= 11 is 0. The van der Waals surface area contributed by atoms with Gasteiger partial charge in [0.25, 0.3) is 0 Å². The van der Waals surface area contributed by atoms with E-state index >= 15 is 0 Å². The van der Waals surface area contributed by atoms with Gasteiger partial charge in [-0.2, -0.15) is 0 Å². The summed E-state index contributed by atoms with van der Waals surface area (Å²) < 4.78 is 5.50. The number of aliphatic hydroxyl groups is 2. The normalized spacial score (nSPS) is 12.5. The molecule has 0 heterocycles. The second kappa shape index (κ2) is 60.4. The zero-order valence-corrected chi connectivity index (χ0v) is 47.8. The van der Waals surface area contributed by atoms with Gasteiger partial charge in [0, 0.05) is 12.8 Å². The van der Waals surface area contributed by atoms with Crippen LogP contribution in [-0.4, -0.2) is 47.4 Å². The molecule has 0 radical (unpaired) electrons. The molecule has 70 heavy (non-hydrogen) atoms. The van der Waals surface area contributed by atoms with Gasteiger partial charge in [0.2, 0.25) is 5.91 Å². The molecule has 0 bridgehead atoms. The number of carbonyl (C=O) groups is 2. The molecule has 3 N–H and O–H groups in total. The molecule has 1 amide bonds. The highest BCUT2D eigenvalue weighted by Crippen LogP contribution is 2.19. The van der Waals surface area contributed by atoms with Crippen molar-refractivity contribution < 1.29 is 24.5 Å². The van der Waals surface area contributed by atoms with E-state index in [-0.39, 0.29) is 18.5 Å². The molecule has 0 aliphatic rings. The number of unbranched alkanes of at least 4 members (excludes halogenated alkanes) is 50. The lowest BCUT2D eigenvalue weighted by Crippen LogP contribution is -2.45. The molecule has 0 saturated carbocycles. The fraction of sp³-hybridized carbons (Fsp3) is 0.969. The average molecular weight is 991 g/mol. The van der Waals surface area contributed by atoms with Crippen molar-refractivity contribution in [2.75, 3.05) is 13.2 Å². The van der Waals surface area contributed by atoms with E-state index < -0.39 is 12.1 Å². The van der Waals surface area contributed by atoms with Crippen LogP contribution in [0.5, 0.6) is 0 Å². The predicted molar refractivity (Wildman–Crippen MR) is 306 cm³/mol. The minimum atomic E-state index is -0.664. The molecule has 0 rings (SSSR count). The summed E-state index contributed by atoms with van der Waals surface area (Å²) in [5, 5.41) is 23.3. The number of carbonyl (C=O) groups excluding carboxylic acids is 2. The molecule has 0 aliphatic carbocycles. The fourth-order valence-electron chi connectivity index (χ4n) is 10.5. The SMILES string of the molecule is CCCCCCCCCCCCCCCCCCCCC(=O)OCCCCCCCCCCCCCCCCCCCCCCC(=O)NC(CO)C(O)CCCCCCCCCCCCCCCCC.